The Morgan fingerprint density at radius 1 is 0.864 bits per heavy atom. The third kappa shape index (κ3) is 2.17. The van der Waals surface area contributed by atoms with Crippen molar-refractivity contribution in [3.8, 4) is 22.8 Å². The smallest absolute Gasteiger partial charge is 0.194 e. The Hall–Kier alpha value is -2.30. The van der Waals surface area contributed by atoms with E-state index in [4.69, 9.17) is 14.5 Å². The van der Waals surface area contributed by atoms with Crippen molar-refractivity contribution >= 4 is 0 Å². The normalized spacial score (nSPS) is 17.0. The number of aromatic nitrogens is 2. The van der Waals surface area contributed by atoms with E-state index in [9.17, 15) is 0 Å². The fourth-order valence-electron chi connectivity index (χ4n) is 2.80. The molecule has 4 heteroatoms. The van der Waals surface area contributed by atoms with Crippen molar-refractivity contribution in [3.05, 3.63) is 60.2 Å². The molecule has 2 aliphatic heterocycles. The minimum absolute atomic E-state index is 0.594. The van der Waals surface area contributed by atoms with Crippen molar-refractivity contribution < 1.29 is 9.47 Å². The minimum Gasteiger partial charge on any atom is -0.344 e. The van der Waals surface area contributed by atoms with Crippen LogP contribution in [0.25, 0.3) is 22.8 Å². The molecule has 3 aliphatic rings. The maximum absolute atomic E-state index is 5.80. The molecule has 4 nitrogen and oxygen atoms in total. The van der Waals surface area contributed by atoms with Crippen LogP contribution in [0.1, 0.15) is 12.5 Å². The number of nitrogens with zero attached hydrogens (tertiary/aromatic N) is 2. The summed E-state index contributed by atoms with van der Waals surface area (Å²) in [5.41, 5.74) is 3.60. The predicted molar refractivity (Wildman–Crippen MR) is 83.3 cm³/mol. The molecule has 0 amide bonds. The molecule has 0 N–H and O–H groups in total. The highest BCUT2D eigenvalue weighted by Crippen LogP contribution is 2.37. The number of ether oxygens (including phenoxy) is 2. The van der Waals surface area contributed by atoms with Crippen LogP contribution in [0.5, 0.6) is 0 Å². The van der Waals surface area contributed by atoms with Gasteiger partial charge in [-0.25, -0.2) is 9.97 Å². The van der Waals surface area contributed by atoms with Crippen molar-refractivity contribution in [2.45, 2.75) is 12.7 Å². The molecule has 1 aromatic carbocycles. The Labute approximate surface area is 129 Å². The predicted octanol–water partition coefficient (Wildman–Crippen LogP) is 3.47. The molecule has 110 valence electrons. The lowest BCUT2D eigenvalue weighted by atomic mass is 10.1. The van der Waals surface area contributed by atoms with E-state index in [0.29, 0.717) is 13.2 Å². The average molecular weight is 292 g/mol. The molecule has 1 aliphatic carbocycles. The van der Waals surface area contributed by atoms with E-state index in [1.54, 1.807) is 0 Å². The second-order valence-electron chi connectivity index (χ2n) is 5.42. The van der Waals surface area contributed by atoms with Gasteiger partial charge in [0.15, 0.2) is 11.6 Å². The Morgan fingerprint density at radius 2 is 1.55 bits per heavy atom. The summed E-state index contributed by atoms with van der Waals surface area (Å²) >= 11 is 0. The quantitative estimate of drug-likeness (QED) is 0.725. The van der Waals surface area contributed by atoms with E-state index < -0.39 is 5.79 Å². The van der Waals surface area contributed by atoms with Gasteiger partial charge in [0.1, 0.15) is 0 Å². The summed E-state index contributed by atoms with van der Waals surface area (Å²) in [6.07, 6.45) is 0. The SMILES string of the molecule is CC1(c2ccccc3nc(-c4ccccc4)nc2-3)OCCO1. The molecule has 0 bridgehead atoms. The van der Waals surface area contributed by atoms with Crippen LogP contribution in [-0.2, 0) is 15.3 Å². The van der Waals surface area contributed by atoms with Crippen LogP contribution in [0.3, 0.4) is 0 Å². The summed E-state index contributed by atoms with van der Waals surface area (Å²) in [6, 6.07) is 17.9. The zero-order valence-corrected chi connectivity index (χ0v) is 12.3. The zero-order valence-electron chi connectivity index (χ0n) is 12.3. The molecule has 0 saturated carbocycles. The first kappa shape index (κ1) is 13.4. The summed E-state index contributed by atoms with van der Waals surface area (Å²) in [5.74, 6) is -0.0292. The third-order valence-electron chi connectivity index (χ3n) is 3.93. The van der Waals surface area contributed by atoms with E-state index in [2.05, 4.69) is 4.98 Å². The Kier molecular flexibility index (Phi) is 3.13. The molecule has 1 fully saturated rings. The Balaban J connectivity index is 1.90. The van der Waals surface area contributed by atoms with Gasteiger partial charge in [-0.2, -0.15) is 0 Å². The van der Waals surface area contributed by atoms with Gasteiger partial charge in [0.05, 0.1) is 24.6 Å². The van der Waals surface area contributed by atoms with Crippen molar-refractivity contribution in [3.63, 3.8) is 0 Å². The fourth-order valence-corrected chi connectivity index (χ4v) is 2.80. The molecule has 0 unspecified atom stereocenters. The maximum Gasteiger partial charge on any atom is 0.194 e. The fraction of sp³-hybridized carbons (Fsp3) is 0.222. The van der Waals surface area contributed by atoms with Crippen LogP contribution in [0.2, 0.25) is 0 Å². The molecule has 4 rings (SSSR count). The second kappa shape index (κ2) is 5.16. The van der Waals surface area contributed by atoms with Crippen LogP contribution in [0, 0.1) is 0 Å². The molecular formula is C18H16N2O2. The van der Waals surface area contributed by atoms with Crippen LogP contribution in [0.15, 0.2) is 54.6 Å². The highest BCUT2D eigenvalue weighted by Gasteiger charge is 2.36. The molecule has 1 aromatic rings. The first-order valence-electron chi connectivity index (χ1n) is 7.37. The summed E-state index contributed by atoms with van der Waals surface area (Å²) in [4.78, 5) is 9.41. The van der Waals surface area contributed by atoms with Crippen molar-refractivity contribution in [1.29, 1.82) is 0 Å². The summed E-state index contributed by atoms with van der Waals surface area (Å²) in [7, 11) is 0. The standard InChI is InChI=1S/C18H16N2O2/c1-18(21-11-12-22-18)14-9-5-6-10-15-16(14)20-17(19-15)13-7-3-2-4-8-13/h2-10H,11-12H2,1H3. The molecule has 2 heterocycles. The lowest BCUT2D eigenvalue weighted by molar-refractivity contribution is -0.149. The van der Waals surface area contributed by atoms with Crippen molar-refractivity contribution in [2.24, 2.45) is 0 Å². The van der Waals surface area contributed by atoms with E-state index in [-0.39, 0.29) is 0 Å². The summed E-state index contributed by atoms with van der Waals surface area (Å²) in [6.45, 7) is 3.12. The number of fused-ring (bicyclic) bond motifs is 1. The average Bonchev–Trinajstić information content (AvgIpc) is 3.11. The van der Waals surface area contributed by atoms with Gasteiger partial charge in [-0.15, -0.1) is 0 Å². The van der Waals surface area contributed by atoms with E-state index >= 15 is 0 Å². The minimum atomic E-state index is -0.756. The van der Waals surface area contributed by atoms with Crippen LogP contribution in [0.4, 0.5) is 0 Å². The number of benzene rings is 1. The molecule has 1 saturated heterocycles. The number of hydrogen-bond acceptors (Lipinski definition) is 4. The van der Waals surface area contributed by atoms with Crippen molar-refractivity contribution in [1.82, 2.24) is 9.97 Å². The monoisotopic (exact) mass is 292 g/mol. The first-order valence-corrected chi connectivity index (χ1v) is 7.37. The van der Waals surface area contributed by atoms with Gasteiger partial charge < -0.3 is 9.47 Å². The number of rotatable bonds is 2. The second-order valence-corrected chi connectivity index (χ2v) is 5.42. The molecule has 0 atom stereocenters. The Bertz CT molecular complexity index is 767. The van der Waals surface area contributed by atoms with Crippen molar-refractivity contribution in [2.75, 3.05) is 13.2 Å². The number of imidazole rings is 1. The molecule has 0 radical (unpaired) electrons. The topological polar surface area (TPSA) is 44.2 Å². The van der Waals surface area contributed by atoms with Gasteiger partial charge >= 0.3 is 0 Å². The van der Waals surface area contributed by atoms with Gasteiger partial charge in [0.2, 0.25) is 0 Å². The van der Waals surface area contributed by atoms with Gasteiger partial charge in [-0.1, -0.05) is 48.5 Å². The number of hydrogen-bond donors (Lipinski definition) is 0. The van der Waals surface area contributed by atoms with Gasteiger partial charge in [-0.3, -0.25) is 0 Å². The van der Waals surface area contributed by atoms with Gasteiger partial charge in [0, 0.05) is 11.1 Å². The van der Waals surface area contributed by atoms with Crippen LogP contribution < -0.4 is 0 Å². The van der Waals surface area contributed by atoms with Crippen LogP contribution >= 0.6 is 0 Å². The zero-order chi connectivity index (χ0) is 15.0. The van der Waals surface area contributed by atoms with Gasteiger partial charge in [0.25, 0.3) is 0 Å². The van der Waals surface area contributed by atoms with E-state index in [1.165, 1.54) is 0 Å². The maximum atomic E-state index is 5.80. The van der Waals surface area contributed by atoms with E-state index in [1.807, 2.05) is 61.5 Å². The summed E-state index contributed by atoms with van der Waals surface area (Å²) in [5, 5.41) is 0. The van der Waals surface area contributed by atoms with Gasteiger partial charge in [-0.05, 0) is 13.0 Å². The third-order valence-corrected chi connectivity index (χ3v) is 3.93. The summed E-state index contributed by atoms with van der Waals surface area (Å²) < 4.78 is 11.6. The first-order chi connectivity index (χ1) is 10.8. The molecule has 22 heavy (non-hydrogen) atoms. The van der Waals surface area contributed by atoms with E-state index in [0.717, 1.165) is 28.3 Å². The lowest BCUT2D eigenvalue weighted by Crippen LogP contribution is -2.23. The molecule has 0 aromatic heterocycles. The van der Waals surface area contributed by atoms with Crippen LogP contribution in [-0.4, -0.2) is 23.2 Å². The lowest BCUT2D eigenvalue weighted by Gasteiger charge is -2.22. The molecular weight excluding hydrogens is 276 g/mol. The molecule has 0 spiro atoms. The highest BCUT2D eigenvalue weighted by molar-refractivity contribution is 5.68. The largest absolute Gasteiger partial charge is 0.344 e. The highest BCUT2D eigenvalue weighted by atomic mass is 16.7. The Morgan fingerprint density at radius 3 is 2.32 bits per heavy atom.